The number of hydrazone groups is 1. The van der Waals surface area contributed by atoms with Gasteiger partial charge in [-0.25, -0.2) is 4.98 Å². The molecule has 0 fully saturated rings. The molecule has 1 aromatic heterocycles. The van der Waals surface area contributed by atoms with Crippen LogP contribution in [0.4, 0.5) is 11.8 Å². The van der Waals surface area contributed by atoms with Crippen LogP contribution in [-0.4, -0.2) is 27.5 Å². The first-order valence-corrected chi connectivity index (χ1v) is 7.51. The van der Waals surface area contributed by atoms with Crippen LogP contribution in [0, 0.1) is 6.92 Å². The second-order valence-corrected chi connectivity index (χ2v) is 5.49. The number of anilines is 2. The second-order valence-electron chi connectivity index (χ2n) is 4.43. The summed E-state index contributed by atoms with van der Waals surface area (Å²) in [6.07, 6.45) is 0. The zero-order valence-corrected chi connectivity index (χ0v) is 12.4. The molecule has 0 aliphatic carbocycles. The highest BCUT2D eigenvalue weighted by molar-refractivity contribution is 8.14. The molecule has 0 unspecified atom stereocenters. The van der Waals surface area contributed by atoms with Gasteiger partial charge in [0.15, 0.2) is 5.82 Å². The minimum absolute atomic E-state index is 0.267. The zero-order chi connectivity index (χ0) is 14.7. The fraction of sp³-hybridized carbons (Fsp3) is 0.214. The van der Waals surface area contributed by atoms with E-state index >= 15 is 0 Å². The molecule has 7 heteroatoms. The molecule has 0 radical (unpaired) electrons. The molecule has 6 nitrogen and oxygen atoms in total. The smallest absolute Gasteiger partial charge is 0.222 e. The first-order chi connectivity index (χ1) is 10.2. The third-order valence-corrected chi connectivity index (χ3v) is 3.61. The first kappa shape index (κ1) is 13.7. The second kappa shape index (κ2) is 6.01. The average Bonchev–Trinajstić information content (AvgIpc) is 3.23. The van der Waals surface area contributed by atoms with E-state index in [4.69, 9.17) is 10.5 Å². The number of para-hydroxylation sites is 1. The van der Waals surface area contributed by atoms with Crippen LogP contribution in [0.25, 0.3) is 0 Å². The SMILES string of the molecule is Cc1cc(N2N=C2SCCOc2ccccc2)nc(N)n1. The Morgan fingerprint density at radius 2 is 2.05 bits per heavy atom. The summed E-state index contributed by atoms with van der Waals surface area (Å²) in [5.74, 6) is 2.69. The van der Waals surface area contributed by atoms with Crippen LogP contribution in [0.1, 0.15) is 5.69 Å². The quantitative estimate of drug-likeness (QED) is 0.854. The Balaban J connectivity index is 1.43. The highest BCUT2D eigenvalue weighted by Crippen LogP contribution is 2.28. The van der Waals surface area contributed by atoms with Crippen molar-refractivity contribution in [2.75, 3.05) is 23.1 Å². The van der Waals surface area contributed by atoms with Gasteiger partial charge >= 0.3 is 0 Å². The number of rotatable bonds is 5. The van der Waals surface area contributed by atoms with Gasteiger partial charge in [-0.2, -0.15) is 9.99 Å². The molecule has 3 rings (SSSR count). The summed E-state index contributed by atoms with van der Waals surface area (Å²) in [7, 11) is 0. The fourth-order valence-corrected chi connectivity index (χ4v) is 2.50. The highest BCUT2D eigenvalue weighted by atomic mass is 32.2. The van der Waals surface area contributed by atoms with Crippen LogP contribution < -0.4 is 15.5 Å². The Hall–Kier alpha value is -2.28. The summed E-state index contributed by atoms with van der Waals surface area (Å²) in [5.41, 5.74) is 6.46. The van der Waals surface area contributed by atoms with Crippen molar-refractivity contribution in [1.29, 1.82) is 0 Å². The lowest BCUT2D eigenvalue weighted by atomic mass is 10.3. The van der Waals surface area contributed by atoms with Crippen molar-refractivity contribution in [2.24, 2.45) is 5.10 Å². The minimum atomic E-state index is 0.267. The number of hydrogen-bond donors (Lipinski definition) is 1. The number of nitrogens with two attached hydrogens (primary N) is 1. The summed E-state index contributed by atoms with van der Waals surface area (Å²) in [6.45, 7) is 2.51. The van der Waals surface area contributed by atoms with E-state index in [2.05, 4.69) is 15.1 Å². The van der Waals surface area contributed by atoms with Crippen LogP contribution in [0.3, 0.4) is 0 Å². The van der Waals surface area contributed by atoms with E-state index in [1.54, 1.807) is 16.8 Å². The van der Waals surface area contributed by atoms with Crippen molar-refractivity contribution in [3.8, 4) is 5.75 Å². The maximum Gasteiger partial charge on any atom is 0.222 e. The number of nitrogen functional groups attached to an aromatic ring is 1. The van der Waals surface area contributed by atoms with Gasteiger partial charge in [0.25, 0.3) is 0 Å². The van der Waals surface area contributed by atoms with Crippen molar-refractivity contribution >= 4 is 28.7 Å². The van der Waals surface area contributed by atoms with Crippen molar-refractivity contribution < 1.29 is 4.74 Å². The Kier molecular flexibility index (Phi) is 3.92. The predicted molar refractivity (Wildman–Crippen MR) is 85.5 cm³/mol. The van der Waals surface area contributed by atoms with E-state index in [-0.39, 0.29) is 5.95 Å². The number of thioether (sulfide) groups is 1. The molecule has 2 aromatic rings. The molecular formula is C14H15N5OS. The Morgan fingerprint density at radius 3 is 2.81 bits per heavy atom. The number of aryl methyl sites for hydroxylation is 1. The van der Waals surface area contributed by atoms with Crippen molar-refractivity contribution in [3.05, 3.63) is 42.1 Å². The van der Waals surface area contributed by atoms with Crippen molar-refractivity contribution in [3.63, 3.8) is 0 Å². The molecule has 0 amide bonds. The molecule has 2 N–H and O–H groups in total. The van der Waals surface area contributed by atoms with Gasteiger partial charge in [0, 0.05) is 17.5 Å². The van der Waals surface area contributed by atoms with E-state index in [1.807, 2.05) is 43.3 Å². The molecule has 2 heterocycles. The van der Waals surface area contributed by atoms with E-state index in [9.17, 15) is 0 Å². The van der Waals surface area contributed by atoms with Gasteiger partial charge in [0.2, 0.25) is 11.1 Å². The van der Waals surface area contributed by atoms with E-state index in [0.29, 0.717) is 12.4 Å². The van der Waals surface area contributed by atoms with Crippen LogP contribution in [0.2, 0.25) is 0 Å². The molecule has 1 aromatic carbocycles. The molecule has 1 aliphatic rings. The highest BCUT2D eigenvalue weighted by Gasteiger charge is 2.28. The third kappa shape index (κ3) is 3.63. The van der Waals surface area contributed by atoms with Crippen LogP contribution >= 0.6 is 11.8 Å². The van der Waals surface area contributed by atoms with Crippen LogP contribution in [-0.2, 0) is 0 Å². The lowest BCUT2D eigenvalue weighted by molar-refractivity contribution is 0.344. The fourth-order valence-electron chi connectivity index (χ4n) is 1.79. The summed E-state index contributed by atoms with van der Waals surface area (Å²) < 4.78 is 5.62. The molecule has 0 bridgehead atoms. The van der Waals surface area contributed by atoms with E-state index in [1.165, 1.54) is 0 Å². The Morgan fingerprint density at radius 1 is 1.24 bits per heavy atom. The molecule has 1 aliphatic heterocycles. The van der Waals surface area contributed by atoms with Gasteiger partial charge in [-0.3, -0.25) is 0 Å². The maximum absolute atomic E-state index is 5.63. The van der Waals surface area contributed by atoms with E-state index < -0.39 is 0 Å². The average molecular weight is 301 g/mol. The Bertz CT molecular complexity index is 641. The number of benzene rings is 1. The normalized spacial score (nSPS) is 13.0. The molecule has 0 atom stereocenters. The zero-order valence-electron chi connectivity index (χ0n) is 11.6. The standard InChI is InChI=1S/C14H15N5OS/c1-10-9-12(17-13(15)16-10)19-14(18-19)21-8-7-20-11-5-3-2-4-6-11/h2-6,9H,7-8H2,1H3,(H2,15,16,17). The number of nitrogens with zero attached hydrogens (tertiary/aromatic N) is 4. The lowest BCUT2D eigenvalue weighted by Gasteiger charge is -2.05. The molecule has 0 saturated carbocycles. The van der Waals surface area contributed by atoms with Crippen molar-refractivity contribution in [2.45, 2.75) is 6.92 Å². The third-order valence-electron chi connectivity index (χ3n) is 2.73. The number of aromatic nitrogens is 2. The molecule has 21 heavy (non-hydrogen) atoms. The van der Waals surface area contributed by atoms with Gasteiger partial charge in [-0.15, -0.1) is 5.10 Å². The van der Waals surface area contributed by atoms with Gasteiger partial charge in [0.05, 0.1) is 6.61 Å². The number of hydrogen-bond acceptors (Lipinski definition) is 7. The maximum atomic E-state index is 5.63. The Labute approximate surface area is 127 Å². The van der Waals surface area contributed by atoms with Crippen LogP contribution in [0.15, 0.2) is 41.5 Å². The molecule has 0 spiro atoms. The van der Waals surface area contributed by atoms with Gasteiger partial charge in [0.1, 0.15) is 5.75 Å². The molecular weight excluding hydrogens is 286 g/mol. The minimum Gasteiger partial charge on any atom is -0.493 e. The predicted octanol–water partition coefficient (Wildman–Crippen LogP) is 2.27. The summed E-state index contributed by atoms with van der Waals surface area (Å²) in [4.78, 5) is 8.20. The van der Waals surface area contributed by atoms with Gasteiger partial charge in [-0.05, 0) is 19.1 Å². The lowest BCUT2D eigenvalue weighted by Crippen LogP contribution is -2.08. The van der Waals surface area contributed by atoms with Gasteiger partial charge in [-0.1, -0.05) is 30.0 Å². The summed E-state index contributed by atoms with van der Waals surface area (Å²) in [5, 5.41) is 6.95. The molecule has 0 saturated heterocycles. The van der Waals surface area contributed by atoms with Crippen molar-refractivity contribution in [1.82, 2.24) is 9.97 Å². The summed E-state index contributed by atoms with van der Waals surface area (Å²) >= 11 is 1.63. The van der Waals surface area contributed by atoms with E-state index in [0.717, 1.165) is 22.4 Å². The first-order valence-electron chi connectivity index (χ1n) is 6.53. The number of ether oxygens (including phenoxy) is 1. The summed E-state index contributed by atoms with van der Waals surface area (Å²) in [6, 6.07) is 11.6. The van der Waals surface area contributed by atoms with Crippen LogP contribution in [0.5, 0.6) is 5.75 Å². The monoisotopic (exact) mass is 301 g/mol. The molecule has 108 valence electrons. The van der Waals surface area contributed by atoms with Gasteiger partial charge < -0.3 is 10.5 Å². The topological polar surface area (TPSA) is 76.4 Å². The largest absolute Gasteiger partial charge is 0.493 e. The number of amidine groups is 1.